The third-order valence-corrected chi connectivity index (χ3v) is 2.73. The molecule has 101 valence electrons. The van der Waals surface area contributed by atoms with Crippen molar-refractivity contribution in [3.05, 3.63) is 30.6 Å². The van der Waals surface area contributed by atoms with Crippen molar-refractivity contribution in [2.75, 3.05) is 19.5 Å². The van der Waals surface area contributed by atoms with Crippen LogP contribution in [0.15, 0.2) is 24.5 Å². The van der Waals surface area contributed by atoms with Crippen molar-refractivity contribution in [2.45, 2.75) is 0 Å². The molecule has 3 rings (SSSR count). The molecular weight excluding hydrogens is 258 g/mol. The molecule has 2 N–H and O–H groups in total. The molecule has 0 amide bonds. The minimum atomic E-state index is 0.392. The number of benzene rings is 1. The summed E-state index contributed by atoms with van der Waals surface area (Å²) in [6.07, 6.45) is 1.55. The first-order chi connectivity index (χ1) is 9.81. The molecule has 0 saturated heterocycles. The summed E-state index contributed by atoms with van der Waals surface area (Å²) in [5.41, 5.74) is 1.93. The summed E-state index contributed by atoms with van der Waals surface area (Å²) < 4.78 is 10.5. The Morgan fingerprint density at radius 2 is 2.15 bits per heavy atom. The van der Waals surface area contributed by atoms with Gasteiger partial charge in [-0.3, -0.25) is 0 Å². The highest BCUT2D eigenvalue weighted by Crippen LogP contribution is 2.27. The molecule has 1 aromatic carbocycles. The van der Waals surface area contributed by atoms with Crippen LogP contribution in [0, 0.1) is 6.07 Å². The Labute approximate surface area is 115 Å². The quantitative estimate of drug-likeness (QED) is 0.753. The van der Waals surface area contributed by atoms with Crippen LogP contribution < -0.4 is 14.8 Å². The first-order valence-corrected chi connectivity index (χ1v) is 5.88. The van der Waals surface area contributed by atoms with Crippen LogP contribution in [0.5, 0.6) is 11.6 Å². The molecule has 7 nitrogen and oxygen atoms in total. The normalized spacial score (nSPS) is 10.5. The van der Waals surface area contributed by atoms with Crippen molar-refractivity contribution >= 4 is 22.8 Å². The van der Waals surface area contributed by atoms with Gasteiger partial charge in [0.05, 0.1) is 26.2 Å². The maximum Gasteiger partial charge on any atom is 0.246 e. The van der Waals surface area contributed by atoms with Gasteiger partial charge in [-0.1, -0.05) is 6.07 Å². The molecule has 0 spiro atoms. The van der Waals surface area contributed by atoms with Gasteiger partial charge < -0.3 is 19.8 Å². The van der Waals surface area contributed by atoms with Gasteiger partial charge in [0.1, 0.15) is 5.75 Å². The van der Waals surface area contributed by atoms with Gasteiger partial charge in [0.15, 0.2) is 11.2 Å². The minimum absolute atomic E-state index is 0.392. The molecule has 0 saturated carbocycles. The summed E-state index contributed by atoms with van der Waals surface area (Å²) in [6.45, 7) is 0. The molecular formula is C13H12N5O2. The largest absolute Gasteiger partial charge is 0.495 e. The molecule has 0 unspecified atom stereocenters. The van der Waals surface area contributed by atoms with Crippen LogP contribution in [0.4, 0.5) is 11.6 Å². The number of ether oxygens (including phenoxy) is 2. The van der Waals surface area contributed by atoms with E-state index in [1.165, 1.54) is 7.11 Å². The number of anilines is 2. The van der Waals surface area contributed by atoms with E-state index in [4.69, 9.17) is 9.47 Å². The molecule has 20 heavy (non-hydrogen) atoms. The lowest BCUT2D eigenvalue weighted by Gasteiger charge is -2.10. The minimum Gasteiger partial charge on any atom is -0.495 e. The van der Waals surface area contributed by atoms with E-state index in [2.05, 4.69) is 31.3 Å². The number of aromatic amines is 1. The Kier molecular flexibility index (Phi) is 3.08. The Morgan fingerprint density at radius 1 is 1.25 bits per heavy atom. The number of H-pyrrole nitrogens is 1. The second-order valence-corrected chi connectivity index (χ2v) is 3.91. The standard InChI is InChI=1S/C13H12N5O2/c1-19-9-6-4-3-5-8(9)16-13-17-11-10(14-7-15-11)12(18-13)20-2/h3,5-7H,1-2H3,(H2,14,15,16,17,18). The van der Waals surface area contributed by atoms with E-state index in [-0.39, 0.29) is 0 Å². The number of rotatable bonds is 4. The zero-order chi connectivity index (χ0) is 13.9. The molecule has 1 radical (unpaired) electrons. The smallest absolute Gasteiger partial charge is 0.246 e. The second-order valence-electron chi connectivity index (χ2n) is 3.91. The molecule has 0 bridgehead atoms. The average molecular weight is 270 g/mol. The average Bonchev–Trinajstić information content (AvgIpc) is 2.95. The summed E-state index contributed by atoms with van der Waals surface area (Å²) in [5, 5.41) is 3.09. The Hall–Kier alpha value is -2.83. The number of nitrogens with one attached hydrogen (secondary N) is 2. The lowest BCUT2D eigenvalue weighted by Crippen LogP contribution is -2.01. The van der Waals surface area contributed by atoms with Crippen molar-refractivity contribution < 1.29 is 9.47 Å². The van der Waals surface area contributed by atoms with E-state index < -0.39 is 0 Å². The van der Waals surface area contributed by atoms with E-state index in [0.717, 1.165) is 5.69 Å². The van der Waals surface area contributed by atoms with Crippen LogP contribution in [0.1, 0.15) is 0 Å². The van der Waals surface area contributed by atoms with Crippen LogP contribution >= 0.6 is 0 Å². The molecule has 2 heterocycles. The molecule has 0 fully saturated rings. The fourth-order valence-electron chi connectivity index (χ4n) is 1.82. The third-order valence-electron chi connectivity index (χ3n) is 2.73. The number of imidazole rings is 1. The van der Waals surface area contributed by atoms with Gasteiger partial charge in [0.25, 0.3) is 0 Å². The molecule has 2 aromatic heterocycles. The fourth-order valence-corrected chi connectivity index (χ4v) is 1.82. The van der Waals surface area contributed by atoms with Crippen LogP contribution in [-0.2, 0) is 0 Å². The van der Waals surface area contributed by atoms with Gasteiger partial charge in [-0.05, 0) is 18.2 Å². The van der Waals surface area contributed by atoms with Crippen LogP contribution in [0.2, 0.25) is 0 Å². The van der Waals surface area contributed by atoms with Crippen molar-refractivity contribution in [2.24, 2.45) is 0 Å². The molecule has 0 aliphatic rings. The van der Waals surface area contributed by atoms with Crippen LogP contribution in [0.3, 0.4) is 0 Å². The van der Waals surface area contributed by atoms with E-state index in [0.29, 0.717) is 28.7 Å². The Bertz CT molecular complexity index is 740. The number of methoxy groups -OCH3 is 2. The Morgan fingerprint density at radius 3 is 2.95 bits per heavy atom. The lowest BCUT2D eigenvalue weighted by atomic mass is 10.3. The summed E-state index contributed by atoms with van der Waals surface area (Å²) in [4.78, 5) is 15.6. The monoisotopic (exact) mass is 270 g/mol. The van der Waals surface area contributed by atoms with Crippen molar-refractivity contribution in [1.82, 2.24) is 19.9 Å². The summed E-state index contributed by atoms with van der Waals surface area (Å²) in [6, 6.07) is 8.27. The van der Waals surface area contributed by atoms with Gasteiger partial charge in [-0.2, -0.15) is 9.97 Å². The first kappa shape index (κ1) is 12.2. The fraction of sp³-hybridized carbons (Fsp3) is 0.154. The zero-order valence-corrected chi connectivity index (χ0v) is 11.0. The predicted octanol–water partition coefficient (Wildman–Crippen LogP) is 1.91. The van der Waals surface area contributed by atoms with Crippen molar-refractivity contribution in [1.29, 1.82) is 0 Å². The number of fused-ring (bicyclic) bond motifs is 1. The van der Waals surface area contributed by atoms with Gasteiger partial charge in [0.2, 0.25) is 11.8 Å². The zero-order valence-electron chi connectivity index (χ0n) is 11.0. The van der Waals surface area contributed by atoms with Crippen molar-refractivity contribution in [3.63, 3.8) is 0 Å². The SMILES string of the molecule is COc1c[c]ccc1Nc1nc(OC)c2nc[nH]c2n1. The third kappa shape index (κ3) is 2.09. The highest BCUT2D eigenvalue weighted by Gasteiger charge is 2.11. The lowest BCUT2D eigenvalue weighted by molar-refractivity contribution is 0.402. The molecule has 3 aromatic rings. The summed E-state index contributed by atoms with van der Waals surface area (Å²) >= 11 is 0. The van der Waals surface area contributed by atoms with E-state index in [1.54, 1.807) is 25.6 Å². The molecule has 7 heteroatoms. The van der Waals surface area contributed by atoms with Gasteiger partial charge in [0, 0.05) is 0 Å². The second kappa shape index (κ2) is 5.04. The Balaban J connectivity index is 2.02. The number of aromatic nitrogens is 4. The van der Waals surface area contributed by atoms with E-state index >= 15 is 0 Å². The van der Waals surface area contributed by atoms with E-state index in [1.807, 2.05) is 6.07 Å². The number of nitrogens with zero attached hydrogens (tertiary/aromatic N) is 3. The highest BCUT2D eigenvalue weighted by atomic mass is 16.5. The van der Waals surface area contributed by atoms with Gasteiger partial charge in [-0.25, -0.2) is 4.98 Å². The summed E-state index contributed by atoms with van der Waals surface area (Å²) in [5.74, 6) is 1.45. The molecule has 0 aliphatic heterocycles. The molecule has 0 aliphatic carbocycles. The maximum atomic E-state index is 5.25. The highest BCUT2D eigenvalue weighted by molar-refractivity contribution is 5.78. The van der Waals surface area contributed by atoms with Crippen LogP contribution in [-0.4, -0.2) is 34.2 Å². The topological polar surface area (TPSA) is 85.0 Å². The summed E-state index contributed by atoms with van der Waals surface area (Å²) in [7, 11) is 3.13. The van der Waals surface area contributed by atoms with Gasteiger partial charge in [-0.15, -0.1) is 0 Å². The van der Waals surface area contributed by atoms with Gasteiger partial charge >= 0.3 is 0 Å². The number of hydrogen-bond donors (Lipinski definition) is 2. The predicted molar refractivity (Wildman–Crippen MR) is 73.3 cm³/mol. The maximum absolute atomic E-state index is 5.25. The molecule has 0 atom stereocenters. The van der Waals surface area contributed by atoms with Crippen LogP contribution in [0.25, 0.3) is 11.2 Å². The van der Waals surface area contributed by atoms with Crippen molar-refractivity contribution in [3.8, 4) is 11.6 Å². The number of hydrogen-bond acceptors (Lipinski definition) is 6. The first-order valence-electron chi connectivity index (χ1n) is 5.88. The van der Waals surface area contributed by atoms with E-state index in [9.17, 15) is 0 Å².